The fraction of sp³-hybridized carbons (Fsp3) is 0.174. The van der Waals surface area contributed by atoms with Crippen LogP contribution in [0.3, 0.4) is 0 Å². The van der Waals surface area contributed by atoms with Gasteiger partial charge >= 0.3 is 0 Å². The Bertz CT molecular complexity index is 1120. The Hall–Kier alpha value is -3.12. The fourth-order valence-corrected chi connectivity index (χ4v) is 4.02. The molecule has 29 heavy (non-hydrogen) atoms. The minimum atomic E-state index is -3.74. The number of rotatable bonds is 6. The average molecular weight is 409 g/mol. The molecule has 150 valence electrons. The lowest BCUT2D eigenvalue weighted by Crippen LogP contribution is -2.24. The van der Waals surface area contributed by atoms with E-state index in [1.165, 1.54) is 0 Å². The maximum Gasteiger partial charge on any atom is 0.261 e. The molecule has 0 aliphatic rings. The van der Waals surface area contributed by atoms with Crippen molar-refractivity contribution in [2.45, 2.75) is 32.2 Å². The third-order valence-electron chi connectivity index (χ3n) is 4.73. The lowest BCUT2D eigenvalue weighted by Gasteiger charge is -2.14. The first-order valence-electron chi connectivity index (χ1n) is 9.29. The van der Waals surface area contributed by atoms with Crippen LogP contribution in [0.1, 0.15) is 32.6 Å². The molecule has 5 nitrogen and oxygen atoms in total. The highest BCUT2D eigenvalue weighted by Crippen LogP contribution is 2.23. The number of anilines is 1. The lowest BCUT2D eigenvalue weighted by atomic mass is 10.1. The summed E-state index contributed by atoms with van der Waals surface area (Å²) in [6.07, 6.45) is 0. The predicted octanol–water partition coefficient (Wildman–Crippen LogP) is 4.34. The van der Waals surface area contributed by atoms with E-state index < -0.39 is 10.0 Å². The van der Waals surface area contributed by atoms with Crippen LogP contribution in [-0.2, 0) is 16.6 Å². The van der Waals surface area contributed by atoms with Crippen LogP contribution >= 0.6 is 0 Å². The molecule has 2 N–H and O–H groups in total. The van der Waals surface area contributed by atoms with E-state index >= 15 is 0 Å². The third kappa shape index (κ3) is 5.03. The van der Waals surface area contributed by atoms with Gasteiger partial charge in [-0.3, -0.25) is 9.52 Å². The highest BCUT2D eigenvalue weighted by Gasteiger charge is 2.18. The molecule has 0 atom stereocenters. The molecule has 0 saturated heterocycles. The number of amides is 1. The van der Waals surface area contributed by atoms with E-state index in [0.717, 1.165) is 16.7 Å². The first-order chi connectivity index (χ1) is 13.8. The topological polar surface area (TPSA) is 75.3 Å². The van der Waals surface area contributed by atoms with Crippen LogP contribution in [0.2, 0.25) is 0 Å². The summed E-state index contributed by atoms with van der Waals surface area (Å²) in [4.78, 5) is 12.8. The summed E-state index contributed by atoms with van der Waals surface area (Å²) in [6, 6.07) is 19.5. The molecule has 0 radical (unpaired) electrons. The van der Waals surface area contributed by atoms with Crippen molar-refractivity contribution in [3.63, 3.8) is 0 Å². The standard InChI is InChI=1S/C23H24N2O3S/c1-16-7-11-19(12-8-16)15-24-23(26)21-5-4-6-22(18(21)3)25-29(27,28)20-13-9-17(2)10-14-20/h4-14,25H,15H2,1-3H3,(H,24,26). The summed E-state index contributed by atoms with van der Waals surface area (Å²) in [5.41, 5.74) is 4.52. The summed E-state index contributed by atoms with van der Waals surface area (Å²) in [6.45, 7) is 6.03. The second-order valence-electron chi connectivity index (χ2n) is 7.06. The van der Waals surface area contributed by atoms with Crippen molar-refractivity contribution in [1.82, 2.24) is 5.32 Å². The second kappa shape index (κ2) is 8.49. The molecule has 3 aromatic carbocycles. The van der Waals surface area contributed by atoms with Gasteiger partial charge in [0, 0.05) is 12.1 Å². The van der Waals surface area contributed by atoms with Crippen LogP contribution in [-0.4, -0.2) is 14.3 Å². The molecule has 0 spiro atoms. The minimum Gasteiger partial charge on any atom is -0.348 e. The first kappa shape index (κ1) is 20.6. The zero-order chi connectivity index (χ0) is 21.0. The molecular weight excluding hydrogens is 384 g/mol. The van der Waals surface area contributed by atoms with Crippen molar-refractivity contribution >= 4 is 21.6 Å². The van der Waals surface area contributed by atoms with Gasteiger partial charge in [-0.2, -0.15) is 0 Å². The molecule has 6 heteroatoms. The number of benzene rings is 3. The maximum atomic E-state index is 12.7. The number of carbonyl (C=O) groups excluding carboxylic acids is 1. The molecule has 0 bridgehead atoms. The van der Waals surface area contributed by atoms with Gasteiger partial charge in [0.15, 0.2) is 0 Å². The van der Waals surface area contributed by atoms with E-state index in [4.69, 9.17) is 0 Å². The Morgan fingerprint density at radius 1 is 0.828 bits per heavy atom. The first-order valence-corrected chi connectivity index (χ1v) is 10.8. The molecule has 0 aromatic heterocycles. The molecule has 0 heterocycles. The third-order valence-corrected chi connectivity index (χ3v) is 6.11. The average Bonchev–Trinajstić information content (AvgIpc) is 2.69. The van der Waals surface area contributed by atoms with Crippen molar-refractivity contribution < 1.29 is 13.2 Å². The molecular formula is C23H24N2O3S. The van der Waals surface area contributed by atoms with E-state index in [2.05, 4.69) is 10.0 Å². The number of carbonyl (C=O) groups is 1. The molecule has 3 rings (SSSR count). The molecule has 1 amide bonds. The Balaban J connectivity index is 1.77. The zero-order valence-electron chi connectivity index (χ0n) is 16.7. The summed E-state index contributed by atoms with van der Waals surface area (Å²) < 4.78 is 27.9. The Labute approximate surface area is 171 Å². The largest absolute Gasteiger partial charge is 0.348 e. The summed E-state index contributed by atoms with van der Waals surface area (Å²) >= 11 is 0. The van der Waals surface area contributed by atoms with Gasteiger partial charge in [0.1, 0.15) is 0 Å². The van der Waals surface area contributed by atoms with Gasteiger partial charge in [-0.1, -0.05) is 53.6 Å². The van der Waals surface area contributed by atoms with Gasteiger partial charge in [-0.15, -0.1) is 0 Å². The van der Waals surface area contributed by atoms with Crippen molar-refractivity contribution in [3.05, 3.63) is 94.5 Å². The summed E-state index contributed by atoms with van der Waals surface area (Å²) in [7, 11) is -3.74. The Morgan fingerprint density at radius 3 is 2.03 bits per heavy atom. The van der Waals surface area contributed by atoms with Gasteiger partial charge < -0.3 is 5.32 Å². The zero-order valence-corrected chi connectivity index (χ0v) is 17.5. The van der Waals surface area contributed by atoms with Crippen molar-refractivity contribution in [1.29, 1.82) is 0 Å². The number of hydrogen-bond acceptors (Lipinski definition) is 3. The maximum absolute atomic E-state index is 12.7. The van der Waals surface area contributed by atoms with Crippen LogP contribution in [0.5, 0.6) is 0 Å². The molecule has 3 aromatic rings. The number of hydrogen-bond donors (Lipinski definition) is 2. The number of aryl methyl sites for hydroxylation is 2. The lowest BCUT2D eigenvalue weighted by molar-refractivity contribution is 0.0950. The van der Waals surface area contributed by atoms with Crippen LogP contribution in [0, 0.1) is 20.8 Å². The normalized spacial score (nSPS) is 11.1. The molecule has 0 fully saturated rings. The van der Waals surface area contributed by atoms with Crippen LogP contribution in [0.4, 0.5) is 5.69 Å². The molecule has 0 aliphatic carbocycles. The molecule has 0 aliphatic heterocycles. The van der Waals surface area contributed by atoms with Gasteiger partial charge in [-0.25, -0.2) is 8.42 Å². The summed E-state index contributed by atoms with van der Waals surface area (Å²) in [5.74, 6) is -0.251. The Kier molecular flexibility index (Phi) is 6.03. The minimum absolute atomic E-state index is 0.178. The van der Waals surface area contributed by atoms with E-state index in [-0.39, 0.29) is 10.8 Å². The predicted molar refractivity (Wildman–Crippen MR) is 116 cm³/mol. The second-order valence-corrected chi connectivity index (χ2v) is 8.75. The smallest absolute Gasteiger partial charge is 0.261 e. The Morgan fingerprint density at radius 2 is 1.41 bits per heavy atom. The number of sulfonamides is 1. The van der Waals surface area contributed by atoms with Crippen molar-refractivity contribution in [2.75, 3.05) is 4.72 Å². The van der Waals surface area contributed by atoms with E-state index in [0.29, 0.717) is 23.4 Å². The monoisotopic (exact) mass is 408 g/mol. The van der Waals surface area contributed by atoms with Crippen LogP contribution < -0.4 is 10.0 Å². The van der Waals surface area contributed by atoms with E-state index in [9.17, 15) is 13.2 Å². The highest BCUT2D eigenvalue weighted by molar-refractivity contribution is 7.92. The van der Waals surface area contributed by atoms with Gasteiger partial charge in [0.05, 0.1) is 10.6 Å². The quantitative estimate of drug-likeness (QED) is 0.637. The highest BCUT2D eigenvalue weighted by atomic mass is 32.2. The molecule has 0 unspecified atom stereocenters. The number of nitrogens with one attached hydrogen (secondary N) is 2. The van der Waals surface area contributed by atoms with Crippen LogP contribution in [0.25, 0.3) is 0 Å². The SMILES string of the molecule is Cc1ccc(CNC(=O)c2cccc(NS(=O)(=O)c3ccc(C)cc3)c2C)cc1. The van der Waals surface area contributed by atoms with Gasteiger partial charge in [-0.05, 0) is 56.2 Å². The fourth-order valence-electron chi connectivity index (χ4n) is 2.90. The van der Waals surface area contributed by atoms with Gasteiger partial charge in [0.25, 0.3) is 15.9 Å². The van der Waals surface area contributed by atoms with Crippen LogP contribution in [0.15, 0.2) is 71.6 Å². The molecule has 0 saturated carbocycles. The van der Waals surface area contributed by atoms with Crippen molar-refractivity contribution in [3.8, 4) is 0 Å². The van der Waals surface area contributed by atoms with E-state index in [1.807, 2.05) is 38.1 Å². The van der Waals surface area contributed by atoms with Crippen molar-refractivity contribution in [2.24, 2.45) is 0 Å². The van der Waals surface area contributed by atoms with Gasteiger partial charge in [0.2, 0.25) is 0 Å². The van der Waals surface area contributed by atoms with E-state index in [1.54, 1.807) is 49.4 Å². The summed E-state index contributed by atoms with van der Waals surface area (Å²) in [5, 5.41) is 2.89.